The van der Waals surface area contributed by atoms with Crippen LogP contribution in [0.5, 0.6) is 0 Å². The molecule has 0 saturated carbocycles. The molecule has 7 heteroatoms. The van der Waals surface area contributed by atoms with E-state index in [0.29, 0.717) is 13.0 Å². The van der Waals surface area contributed by atoms with E-state index in [2.05, 4.69) is 5.32 Å². The number of ether oxygens (including phenoxy) is 2. The Labute approximate surface area is 160 Å². The largest absolute Gasteiger partial charge is 0.459 e. The van der Waals surface area contributed by atoms with Crippen LogP contribution in [0.1, 0.15) is 45.6 Å². The maximum atomic E-state index is 12.7. The van der Waals surface area contributed by atoms with Crippen LogP contribution in [0.25, 0.3) is 0 Å². The smallest absolute Gasteiger partial charge is 0.408 e. The summed E-state index contributed by atoms with van der Waals surface area (Å²) in [5, 5.41) is 2.62. The Hall–Kier alpha value is -2.57. The molecule has 7 nitrogen and oxygen atoms in total. The number of amides is 2. The molecule has 1 atom stereocenters. The Morgan fingerprint density at radius 1 is 1.19 bits per heavy atom. The maximum absolute atomic E-state index is 12.7. The highest BCUT2D eigenvalue weighted by molar-refractivity contribution is 5.88. The zero-order chi connectivity index (χ0) is 19.9. The van der Waals surface area contributed by atoms with Gasteiger partial charge in [-0.05, 0) is 45.6 Å². The molecule has 0 aromatic heterocycles. The lowest BCUT2D eigenvalue weighted by Crippen LogP contribution is -2.49. The Kier molecular flexibility index (Phi) is 7.21. The van der Waals surface area contributed by atoms with Crippen molar-refractivity contribution in [3.63, 3.8) is 0 Å². The lowest BCUT2D eigenvalue weighted by molar-refractivity contribution is -0.150. The number of likely N-dealkylation sites (tertiary alicyclic amines) is 1. The standard InChI is InChI=1S/C20H28N2O5/c1-20(2,3)27-19(25)21-16-11-7-8-12-22(18(16)24)13-17(23)26-14-15-9-5-4-6-10-15/h4-6,9-10,16H,7-8,11-14H2,1-3H3,(H,21,25). The van der Waals surface area contributed by atoms with Crippen LogP contribution in [-0.2, 0) is 25.7 Å². The number of benzene rings is 1. The predicted molar refractivity (Wildman–Crippen MR) is 99.8 cm³/mol. The minimum Gasteiger partial charge on any atom is -0.459 e. The molecule has 1 fully saturated rings. The first-order valence-electron chi connectivity index (χ1n) is 9.22. The van der Waals surface area contributed by atoms with E-state index < -0.39 is 23.7 Å². The fourth-order valence-electron chi connectivity index (χ4n) is 2.79. The van der Waals surface area contributed by atoms with Gasteiger partial charge in [0.1, 0.15) is 24.8 Å². The lowest BCUT2D eigenvalue weighted by Gasteiger charge is -2.25. The number of carbonyl (C=O) groups is 3. The van der Waals surface area contributed by atoms with E-state index in [4.69, 9.17) is 9.47 Å². The number of rotatable bonds is 5. The van der Waals surface area contributed by atoms with Crippen LogP contribution in [-0.4, -0.2) is 47.6 Å². The molecule has 0 aliphatic carbocycles. The number of alkyl carbamates (subject to hydrolysis) is 1. The number of esters is 1. The van der Waals surface area contributed by atoms with Gasteiger partial charge in [-0.1, -0.05) is 30.3 Å². The molecule has 2 amide bonds. The van der Waals surface area contributed by atoms with Crippen LogP contribution >= 0.6 is 0 Å². The third kappa shape index (κ3) is 7.29. The van der Waals surface area contributed by atoms with Crippen LogP contribution in [0.15, 0.2) is 30.3 Å². The van der Waals surface area contributed by atoms with Crippen molar-refractivity contribution in [1.29, 1.82) is 0 Å². The van der Waals surface area contributed by atoms with Crippen molar-refractivity contribution in [3.05, 3.63) is 35.9 Å². The van der Waals surface area contributed by atoms with Gasteiger partial charge in [0.25, 0.3) is 0 Å². The monoisotopic (exact) mass is 376 g/mol. The second-order valence-corrected chi connectivity index (χ2v) is 7.60. The van der Waals surface area contributed by atoms with Gasteiger partial charge in [0, 0.05) is 6.54 Å². The van der Waals surface area contributed by atoms with E-state index in [1.54, 1.807) is 20.8 Å². The summed E-state index contributed by atoms with van der Waals surface area (Å²) in [4.78, 5) is 38.3. The molecule has 1 N–H and O–H groups in total. The predicted octanol–water partition coefficient (Wildman–Crippen LogP) is 2.64. The van der Waals surface area contributed by atoms with Crippen molar-refractivity contribution in [2.45, 2.75) is 58.3 Å². The molecule has 27 heavy (non-hydrogen) atoms. The van der Waals surface area contributed by atoms with Crippen LogP contribution in [0.3, 0.4) is 0 Å². The second kappa shape index (κ2) is 9.39. The highest BCUT2D eigenvalue weighted by Gasteiger charge is 2.31. The van der Waals surface area contributed by atoms with Gasteiger partial charge in [-0.2, -0.15) is 0 Å². The summed E-state index contributed by atoms with van der Waals surface area (Å²) in [5.74, 6) is -0.750. The molecule has 1 heterocycles. The molecule has 2 rings (SSSR count). The summed E-state index contributed by atoms with van der Waals surface area (Å²) in [5.41, 5.74) is 0.246. The fourth-order valence-corrected chi connectivity index (χ4v) is 2.79. The number of nitrogens with one attached hydrogen (secondary N) is 1. The van der Waals surface area contributed by atoms with Gasteiger partial charge in [-0.15, -0.1) is 0 Å². The molecule has 1 aromatic rings. The molecule has 0 spiro atoms. The third-order valence-electron chi connectivity index (χ3n) is 4.03. The summed E-state index contributed by atoms with van der Waals surface area (Å²) >= 11 is 0. The van der Waals surface area contributed by atoms with E-state index in [9.17, 15) is 14.4 Å². The molecule has 1 unspecified atom stereocenters. The van der Waals surface area contributed by atoms with Crippen LogP contribution in [0, 0.1) is 0 Å². The van der Waals surface area contributed by atoms with Gasteiger partial charge in [0.05, 0.1) is 0 Å². The van der Waals surface area contributed by atoms with Crippen molar-refractivity contribution >= 4 is 18.0 Å². The summed E-state index contributed by atoms with van der Waals surface area (Å²) in [6.07, 6.45) is 1.44. The summed E-state index contributed by atoms with van der Waals surface area (Å²) in [6.45, 7) is 5.79. The molecule has 1 aromatic carbocycles. The van der Waals surface area contributed by atoms with Crippen molar-refractivity contribution in [1.82, 2.24) is 10.2 Å². The molecule has 1 saturated heterocycles. The zero-order valence-electron chi connectivity index (χ0n) is 16.2. The highest BCUT2D eigenvalue weighted by Crippen LogP contribution is 2.14. The molecule has 0 radical (unpaired) electrons. The van der Waals surface area contributed by atoms with Gasteiger partial charge in [-0.3, -0.25) is 9.59 Å². The highest BCUT2D eigenvalue weighted by atomic mass is 16.6. The Balaban J connectivity index is 1.88. The Morgan fingerprint density at radius 3 is 2.56 bits per heavy atom. The molecular formula is C20H28N2O5. The lowest BCUT2D eigenvalue weighted by atomic mass is 10.1. The first kappa shape index (κ1) is 20.7. The average Bonchev–Trinajstić information content (AvgIpc) is 2.75. The van der Waals surface area contributed by atoms with E-state index >= 15 is 0 Å². The molecule has 0 bridgehead atoms. The minimum absolute atomic E-state index is 0.127. The quantitative estimate of drug-likeness (QED) is 0.799. The maximum Gasteiger partial charge on any atom is 0.408 e. The number of carbonyl (C=O) groups excluding carboxylic acids is 3. The Bertz CT molecular complexity index is 654. The summed E-state index contributed by atoms with van der Waals surface area (Å²) in [7, 11) is 0. The zero-order valence-corrected chi connectivity index (χ0v) is 16.2. The second-order valence-electron chi connectivity index (χ2n) is 7.60. The SMILES string of the molecule is CC(C)(C)OC(=O)NC1CCCCN(CC(=O)OCc2ccccc2)C1=O. The minimum atomic E-state index is -0.690. The van der Waals surface area contributed by atoms with Crippen molar-refractivity contribution in [2.75, 3.05) is 13.1 Å². The first-order chi connectivity index (χ1) is 12.7. The topological polar surface area (TPSA) is 84.9 Å². The van der Waals surface area contributed by atoms with Gasteiger partial charge in [-0.25, -0.2) is 4.79 Å². The van der Waals surface area contributed by atoms with Gasteiger partial charge in [0.15, 0.2) is 0 Å². The van der Waals surface area contributed by atoms with E-state index in [-0.39, 0.29) is 19.1 Å². The Morgan fingerprint density at radius 2 is 1.89 bits per heavy atom. The van der Waals surface area contributed by atoms with Crippen molar-refractivity contribution in [3.8, 4) is 0 Å². The molecular weight excluding hydrogens is 348 g/mol. The molecule has 1 aliphatic rings. The van der Waals surface area contributed by atoms with Crippen LogP contribution in [0.4, 0.5) is 4.79 Å². The van der Waals surface area contributed by atoms with Gasteiger partial charge >= 0.3 is 12.1 Å². The number of nitrogens with zero attached hydrogens (tertiary/aromatic N) is 1. The number of hydrogen-bond acceptors (Lipinski definition) is 5. The number of hydrogen-bond donors (Lipinski definition) is 1. The fraction of sp³-hybridized carbons (Fsp3) is 0.550. The van der Waals surface area contributed by atoms with Crippen molar-refractivity contribution in [2.24, 2.45) is 0 Å². The average molecular weight is 376 g/mol. The third-order valence-corrected chi connectivity index (χ3v) is 4.03. The van der Waals surface area contributed by atoms with Crippen LogP contribution in [0.2, 0.25) is 0 Å². The molecule has 148 valence electrons. The van der Waals surface area contributed by atoms with Gasteiger partial charge in [0.2, 0.25) is 5.91 Å². The normalized spacial score (nSPS) is 17.8. The summed E-state index contributed by atoms with van der Waals surface area (Å²) in [6, 6.07) is 8.67. The van der Waals surface area contributed by atoms with E-state index in [1.807, 2.05) is 30.3 Å². The van der Waals surface area contributed by atoms with Crippen LogP contribution < -0.4 is 5.32 Å². The summed E-state index contributed by atoms with van der Waals surface area (Å²) < 4.78 is 10.5. The molecule has 1 aliphatic heterocycles. The van der Waals surface area contributed by atoms with E-state index in [0.717, 1.165) is 18.4 Å². The first-order valence-corrected chi connectivity index (χ1v) is 9.22. The van der Waals surface area contributed by atoms with E-state index in [1.165, 1.54) is 4.90 Å². The van der Waals surface area contributed by atoms with Gasteiger partial charge < -0.3 is 19.7 Å². The van der Waals surface area contributed by atoms with Crippen molar-refractivity contribution < 1.29 is 23.9 Å².